The Morgan fingerprint density at radius 1 is 1.12 bits per heavy atom. The molecule has 1 aromatic carbocycles. The molecule has 0 bridgehead atoms. The van der Waals surface area contributed by atoms with Crippen LogP contribution >= 0.6 is 0 Å². The highest BCUT2D eigenvalue weighted by atomic mass is 32.2. The Kier molecular flexibility index (Phi) is 6.13. The van der Waals surface area contributed by atoms with Crippen LogP contribution in [0.2, 0.25) is 0 Å². The van der Waals surface area contributed by atoms with Crippen molar-refractivity contribution in [1.82, 2.24) is 14.1 Å². The molecule has 0 unspecified atom stereocenters. The Morgan fingerprint density at radius 3 is 2.28 bits per heavy atom. The van der Waals surface area contributed by atoms with Gasteiger partial charge < -0.3 is 0 Å². The number of rotatable bonds is 7. The van der Waals surface area contributed by atoms with Gasteiger partial charge in [0.1, 0.15) is 4.90 Å². The van der Waals surface area contributed by atoms with Crippen LogP contribution < -0.4 is 0 Å². The molecule has 0 radical (unpaired) electrons. The van der Waals surface area contributed by atoms with Crippen LogP contribution in [0.5, 0.6) is 0 Å². The summed E-state index contributed by atoms with van der Waals surface area (Å²) in [5.74, 6) is -0.203. The summed E-state index contributed by atoms with van der Waals surface area (Å²) in [4.78, 5) is 12.7. The lowest BCUT2D eigenvalue weighted by atomic mass is 10.1. The largest absolute Gasteiger partial charge is 0.273 e. The SMILES string of the molecule is CCN(CC)S(=O)(=O)c1c(C)nn(C(=O)CCc2ccccc2)c1C. The normalized spacial score (nSPS) is 11.9. The summed E-state index contributed by atoms with van der Waals surface area (Å²) in [5.41, 5.74) is 1.80. The lowest BCUT2D eigenvalue weighted by Gasteiger charge is -2.18. The number of aryl methyl sites for hydroxylation is 2. The van der Waals surface area contributed by atoms with Gasteiger partial charge in [-0.2, -0.15) is 9.40 Å². The summed E-state index contributed by atoms with van der Waals surface area (Å²) < 4.78 is 28.2. The predicted molar refractivity (Wildman–Crippen MR) is 97.2 cm³/mol. The standard InChI is InChI=1S/C18H25N3O3S/c1-5-20(6-2)25(23,24)18-14(3)19-21(15(18)4)17(22)13-12-16-10-8-7-9-11-16/h7-11H,5-6,12-13H2,1-4H3. The number of carbonyl (C=O) groups is 1. The van der Waals surface area contributed by atoms with Crippen LogP contribution in [-0.2, 0) is 16.4 Å². The van der Waals surface area contributed by atoms with Crippen LogP contribution in [0.15, 0.2) is 35.2 Å². The summed E-state index contributed by atoms with van der Waals surface area (Å²) in [6.45, 7) is 7.61. The molecule has 0 atom stereocenters. The summed E-state index contributed by atoms with van der Waals surface area (Å²) in [6, 6.07) is 9.71. The van der Waals surface area contributed by atoms with Crippen molar-refractivity contribution < 1.29 is 13.2 Å². The molecule has 0 N–H and O–H groups in total. The van der Waals surface area contributed by atoms with Gasteiger partial charge in [-0.05, 0) is 25.8 Å². The Balaban J connectivity index is 2.28. The second-order valence-corrected chi connectivity index (χ2v) is 7.76. The molecule has 0 spiro atoms. The van der Waals surface area contributed by atoms with Crippen molar-refractivity contribution in [3.63, 3.8) is 0 Å². The second-order valence-electron chi connectivity index (χ2n) is 5.88. The molecule has 2 aromatic rings. The lowest BCUT2D eigenvalue weighted by molar-refractivity contribution is 0.0884. The van der Waals surface area contributed by atoms with Crippen molar-refractivity contribution in [2.75, 3.05) is 13.1 Å². The number of aromatic nitrogens is 2. The van der Waals surface area contributed by atoms with Crippen LogP contribution in [0.1, 0.15) is 42.0 Å². The van der Waals surface area contributed by atoms with E-state index < -0.39 is 10.0 Å². The van der Waals surface area contributed by atoms with Gasteiger partial charge in [-0.15, -0.1) is 0 Å². The minimum Gasteiger partial charge on any atom is -0.273 e. The molecule has 2 rings (SSSR count). The highest BCUT2D eigenvalue weighted by Gasteiger charge is 2.30. The topological polar surface area (TPSA) is 72.3 Å². The predicted octanol–water partition coefficient (Wildman–Crippen LogP) is 2.80. The summed E-state index contributed by atoms with van der Waals surface area (Å²) in [7, 11) is -3.64. The van der Waals surface area contributed by atoms with Gasteiger partial charge in [0.05, 0.1) is 11.4 Å². The fourth-order valence-electron chi connectivity index (χ4n) is 2.94. The van der Waals surface area contributed by atoms with E-state index in [-0.39, 0.29) is 17.2 Å². The van der Waals surface area contributed by atoms with Gasteiger partial charge in [0.15, 0.2) is 0 Å². The molecule has 136 valence electrons. The van der Waals surface area contributed by atoms with Gasteiger partial charge in [-0.3, -0.25) is 4.79 Å². The van der Waals surface area contributed by atoms with Crippen molar-refractivity contribution in [2.45, 2.75) is 45.4 Å². The van der Waals surface area contributed by atoms with E-state index in [0.717, 1.165) is 5.56 Å². The third-order valence-corrected chi connectivity index (χ3v) is 6.54. The quantitative estimate of drug-likeness (QED) is 0.758. The smallest absolute Gasteiger partial charge is 0.247 e. The first-order valence-electron chi connectivity index (χ1n) is 8.46. The van der Waals surface area contributed by atoms with E-state index in [4.69, 9.17) is 0 Å². The van der Waals surface area contributed by atoms with Gasteiger partial charge >= 0.3 is 0 Å². The van der Waals surface area contributed by atoms with E-state index in [9.17, 15) is 13.2 Å². The van der Waals surface area contributed by atoms with Crippen LogP contribution in [0, 0.1) is 13.8 Å². The molecule has 1 aromatic heterocycles. The van der Waals surface area contributed by atoms with E-state index in [1.54, 1.807) is 27.7 Å². The molecule has 0 aliphatic heterocycles. The van der Waals surface area contributed by atoms with Gasteiger partial charge in [0, 0.05) is 19.5 Å². The zero-order valence-corrected chi connectivity index (χ0v) is 16.0. The monoisotopic (exact) mass is 363 g/mol. The maximum Gasteiger partial charge on any atom is 0.247 e. The average Bonchev–Trinajstić information content (AvgIpc) is 2.89. The molecule has 6 nitrogen and oxygen atoms in total. The third-order valence-electron chi connectivity index (χ3n) is 4.23. The summed E-state index contributed by atoms with van der Waals surface area (Å²) in [6.07, 6.45) is 0.868. The van der Waals surface area contributed by atoms with Crippen molar-refractivity contribution in [1.29, 1.82) is 0 Å². The summed E-state index contributed by atoms with van der Waals surface area (Å²) >= 11 is 0. The third kappa shape index (κ3) is 3.99. The maximum atomic E-state index is 12.8. The lowest BCUT2D eigenvalue weighted by Crippen LogP contribution is -2.31. The number of sulfonamides is 1. The van der Waals surface area contributed by atoms with E-state index in [0.29, 0.717) is 30.9 Å². The molecular weight excluding hydrogens is 338 g/mol. The first-order valence-corrected chi connectivity index (χ1v) is 9.90. The minimum atomic E-state index is -3.64. The molecule has 0 amide bonds. The van der Waals surface area contributed by atoms with Gasteiger partial charge in [-0.25, -0.2) is 13.1 Å². The molecule has 7 heteroatoms. The van der Waals surface area contributed by atoms with Crippen molar-refractivity contribution >= 4 is 15.9 Å². The number of nitrogens with zero attached hydrogens (tertiary/aromatic N) is 3. The number of hydrogen-bond donors (Lipinski definition) is 0. The molecule has 0 saturated heterocycles. The summed E-state index contributed by atoms with van der Waals surface area (Å²) in [5, 5.41) is 4.20. The fraction of sp³-hybridized carbons (Fsp3) is 0.444. The maximum absolute atomic E-state index is 12.8. The minimum absolute atomic E-state index is 0.143. The number of carbonyl (C=O) groups excluding carboxylic acids is 1. The molecular formula is C18H25N3O3S. The van der Waals surface area contributed by atoms with Gasteiger partial charge in [0.2, 0.25) is 15.9 Å². The van der Waals surface area contributed by atoms with Crippen LogP contribution in [0.4, 0.5) is 0 Å². The zero-order chi connectivity index (χ0) is 18.6. The average molecular weight is 363 g/mol. The van der Waals surface area contributed by atoms with E-state index in [2.05, 4.69) is 5.10 Å². The van der Waals surface area contributed by atoms with Crippen LogP contribution in [0.25, 0.3) is 0 Å². The van der Waals surface area contributed by atoms with Gasteiger partial charge in [-0.1, -0.05) is 44.2 Å². The fourth-order valence-corrected chi connectivity index (χ4v) is 4.75. The first-order chi connectivity index (χ1) is 11.8. The Labute approximate surface area is 149 Å². The van der Waals surface area contributed by atoms with Crippen molar-refractivity contribution in [2.24, 2.45) is 0 Å². The molecule has 1 heterocycles. The molecule has 0 aliphatic carbocycles. The van der Waals surface area contributed by atoms with Crippen molar-refractivity contribution in [3.05, 3.63) is 47.3 Å². The second kappa shape index (κ2) is 7.93. The first kappa shape index (κ1) is 19.3. The van der Waals surface area contributed by atoms with Gasteiger partial charge in [0.25, 0.3) is 0 Å². The zero-order valence-electron chi connectivity index (χ0n) is 15.2. The van der Waals surface area contributed by atoms with E-state index in [1.807, 2.05) is 30.3 Å². The van der Waals surface area contributed by atoms with E-state index >= 15 is 0 Å². The Morgan fingerprint density at radius 2 is 1.72 bits per heavy atom. The molecule has 25 heavy (non-hydrogen) atoms. The van der Waals surface area contributed by atoms with Crippen molar-refractivity contribution in [3.8, 4) is 0 Å². The van der Waals surface area contributed by atoms with E-state index in [1.165, 1.54) is 8.99 Å². The molecule has 0 fully saturated rings. The number of hydrogen-bond acceptors (Lipinski definition) is 4. The van der Waals surface area contributed by atoms with Crippen LogP contribution in [0.3, 0.4) is 0 Å². The highest BCUT2D eigenvalue weighted by Crippen LogP contribution is 2.23. The Bertz CT molecular complexity index is 838. The van der Waals surface area contributed by atoms with Crippen LogP contribution in [-0.4, -0.2) is 41.5 Å². The highest BCUT2D eigenvalue weighted by molar-refractivity contribution is 7.89. The molecule has 0 saturated carbocycles. The molecule has 0 aliphatic rings. The number of benzene rings is 1. The Hall–Kier alpha value is -1.99.